The highest BCUT2D eigenvalue weighted by molar-refractivity contribution is 5.30. The second-order valence-electron chi connectivity index (χ2n) is 1.84. The summed E-state index contributed by atoms with van der Waals surface area (Å²) in [5.41, 5.74) is 0.856. The van der Waals surface area contributed by atoms with Crippen molar-refractivity contribution in [3.8, 4) is 0 Å². The second kappa shape index (κ2) is 4.79. The molecule has 0 radical (unpaired) electrons. The Bertz CT molecular complexity index is 168. The van der Waals surface area contributed by atoms with Crippen molar-refractivity contribution in [3.05, 3.63) is 23.6 Å². The molecule has 0 unspecified atom stereocenters. The molecular weight excluding hydrogens is 126 g/mol. The molecule has 0 heterocycles. The smallest absolute Gasteiger partial charge is 0.116 e. The maximum atomic E-state index is 4.97. The van der Waals surface area contributed by atoms with Crippen LogP contribution in [0.1, 0.15) is 13.8 Å². The van der Waals surface area contributed by atoms with Gasteiger partial charge >= 0.3 is 0 Å². The average molecular weight is 139 g/mol. The molecule has 0 fully saturated rings. The summed E-state index contributed by atoms with van der Waals surface area (Å²) in [5.74, 6) is 0.810. The molecular formula is C8H13NO. The minimum absolute atomic E-state index is 0.810. The van der Waals surface area contributed by atoms with Crippen molar-refractivity contribution >= 4 is 6.72 Å². The molecule has 0 aromatic heterocycles. The van der Waals surface area contributed by atoms with Crippen LogP contribution in [0, 0.1) is 0 Å². The maximum Gasteiger partial charge on any atom is 0.116 e. The van der Waals surface area contributed by atoms with Crippen LogP contribution in [0.2, 0.25) is 0 Å². The minimum Gasteiger partial charge on any atom is -0.497 e. The van der Waals surface area contributed by atoms with Crippen LogP contribution in [0.15, 0.2) is 28.6 Å². The maximum absolute atomic E-state index is 4.97. The Morgan fingerprint density at radius 1 is 1.60 bits per heavy atom. The summed E-state index contributed by atoms with van der Waals surface area (Å²) in [7, 11) is 1.63. The van der Waals surface area contributed by atoms with Crippen LogP contribution in [0.25, 0.3) is 0 Å². The van der Waals surface area contributed by atoms with E-state index < -0.39 is 0 Å². The summed E-state index contributed by atoms with van der Waals surface area (Å²) in [6, 6.07) is 0. The van der Waals surface area contributed by atoms with Gasteiger partial charge in [0.05, 0.1) is 7.11 Å². The van der Waals surface area contributed by atoms with Crippen molar-refractivity contribution < 1.29 is 4.74 Å². The van der Waals surface area contributed by atoms with Gasteiger partial charge in [-0.15, -0.1) is 0 Å². The lowest BCUT2D eigenvalue weighted by atomic mass is 10.3. The van der Waals surface area contributed by atoms with Crippen molar-refractivity contribution in [1.82, 2.24) is 0 Å². The van der Waals surface area contributed by atoms with Gasteiger partial charge in [0.25, 0.3) is 0 Å². The monoisotopic (exact) mass is 139 g/mol. The first-order valence-corrected chi connectivity index (χ1v) is 3.10. The van der Waals surface area contributed by atoms with Crippen molar-refractivity contribution in [2.45, 2.75) is 13.8 Å². The first-order chi connectivity index (χ1) is 4.74. The van der Waals surface area contributed by atoms with Crippen molar-refractivity contribution in [2.24, 2.45) is 4.99 Å². The Hall–Kier alpha value is -1.05. The summed E-state index contributed by atoms with van der Waals surface area (Å²) in [6.45, 7) is 7.16. The van der Waals surface area contributed by atoms with Crippen LogP contribution >= 0.6 is 0 Å². The third-order valence-corrected chi connectivity index (χ3v) is 1.12. The Morgan fingerprint density at radius 2 is 2.20 bits per heavy atom. The first kappa shape index (κ1) is 8.95. The first-order valence-electron chi connectivity index (χ1n) is 3.10. The van der Waals surface area contributed by atoms with E-state index in [-0.39, 0.29) is 0 Å². The van der Waals surface area contributed by atoms with E-state index in [4.69, 9.17) is 4.74 Å². The van der Waals surface area contributed by atoms with E-state index >= 15 is 0 Å². The van der Waals surface area contributed by atoms with E-state index in [0.29, 0.717) is 0 Å². The summed E-state index contributed by atoms with van der Waals surface area (Å²) < 4.78 is 4.97. The molecule has 0 saturated heterocycles. The van der Waals surface area contributed by atoms with Gasteiger partial charge in [-0.2, -0.15) is 0 Å². The third kappa shape index (κ3) is 3.07. The fraction of sp³-hybridized carbons (Fsp3) is 0.375. The summed E-state index contributed by atoms with van der Waals surface area (Å²) in [6.07, 6.45) is 3.70. The molecule has 0 rings (SSSR count). The highest BCUT2D eigenvalue weighted by Crippen LogP contribution is 2.02. The Balaban J connectivity index is 4.22. The highest BCUT2D eigenvalue weighted by Gasteiger charge is 1.87. The minimum atomic E-state index is 0.810. The molecule has 0 N–H and O–H groups in total. The van der Waals surface area contributed by atoms with Crippen molar-refractivity contribution in [1.29, 1.82) is 0 Å². The van der Waals surface area contributed by atoms with Gasteiger partial charge in [0.2, 0.25) is 0 Å². The number of hydrogen-bond donors (Lipinski definition) is 0. The molecule has 0 aromatic rings. The van der Waals surface area contributed by atoms with Crippen LogP contribution in [0.4, 0.5) is 0 Å². The normalized spacial score (nSPS) is 13.1. The summed E-state index contributed by atoms with van der Waals surface area (Å²) in [5, 5.41) is 0. The molecule has 0 aliphatic heterocycles. The summed E-state index contributed by atoms with van der Waals surface area (Å²) >= 11 is 0. The molecule has 0 amide bonds. The van der Waals surface area contributed by atoms with Crippen LogP contribution in [0.5, 0.6) is 0 Å². The predicted octanol–water partition coefficient (Wildman–Crippen LogP) is 2.14. The largest absolute Gasteiger partial charge is 0.497 e. The lowest BCUT2D eigenvalue weighted by Crippen LogP contribution is -1.81. The van der Waals surface area contributed by atoms with E-state index in [9.17, 15) is 0 Å². The number of methoxy groups -OCH3 is 1. The van der Waals surface area contributed by atoms with E-state index in [1.54, 1.807) is 7.11 Å². The highest BCUT2D eigenvalue weighted by atomic mass is 16.5. The molecule has 0 aromatic carbocycles. The zero-order valence-electron chi connectivity index (χ0n) is 6.72. The van der Waals surface area contributed by atoms with Crippen LogP contribution in [-0.2, 0) is 4.74 Å². The number of rotatable bonds is 3. The van der Waals surface area contributed by atoms with E-state index in [2.05, 4.69) is 11.7 Å². The van der Waals surface area contributed by atoms with Gasteiger partial charge in [0.15, 0.2) is 0 Å². The van der Waals surface area contributed by atoms with E-state index in [1.807, 2.05) is 26.0 Å². The van der Waals surface area contributed by atoms with Gasteiger partial charge in [-0.25, -0.2) is 0 Å². The quantitative estimate of drug-likeness (QED) is 0.333. The Labute approximate surface area is 61.9 Å². The number of allylic oxidation sites excluding steroid dienone is 3. The second-order valence-corrected chi connectivity index (χ2v) is 1.84. The molecule has 0 aliphatic carbocycles. The van der Waals surface area contributed by atoms with Gasteiger partial charge in [0, 0.05) is 11.8 Å². The summed E-state index contributed by atoms with van der Waals surface area (Å²) in [4.78, 5) is 3.71. The van der Waals surface area contributed by atoms with Crippen molar-refractivity contribution in [3.63, 3.8) is 0 Å². The number of ether oxygens (including phenoxy) is 1. The van der Waals surface area contributed by atoms with Crippen LogP contribution in [-0.4, -0.2) is 13.8 Å². The lowest BCUT2D eigenvalue weighted by molar-refractivity contribution is 0.305. The fourth-order valence-electron chi connectivity index (χ4n) is 0.512. The number of hydrogen-bond acceptors (Lipinski definition) is 2. The number of nitrogens with zero attached hydrogens (tertiary/aromatic N) is 1. The third-order valence-electron chi connectivity index (χ3n) is 1.12. The molecule has 10 heavy (non-hydrogen) atoms. The van der Waals surface area contributed by atoms with Crippen LogP contribution < -0.4 is 0 Å². The van der Waals surface area contributed by atoms with Gasteiger partial charge in [-0.05, 0) is 26.6 Å². The van der Waals surface area contributed by atoms with Gasteiger partial charge in [-0.3, -0.25) is 4.99 Å². The molecule has 2 nitrogen and oxygen atoms in total. The average Bonchev–Trinajstić information content (AvgIpc) is 1.99. The zero-order valence-corrected chi connectivity index (χ0v) is 6.72. The Kier molecular flexibility index (Phi) is 4.29. The molecule has 0 bridgehead atoms. The standard InChI is InChI=1S/C8H13NO/c1-5-8(10-4)6-7(2)9-3/h5-6H,3H2,1-2,4H3/b7-6+,8-5+. The topological polar surface area (TPSA) is 21.6 Å². The molecule has 0 saturated carbocycles. The molecule has 0 aliphatic rings. The lowest BCUT2D eigenvalue weighted by Gasteiger charge is -1.98. The van der Waals surface area contributed by atoms with E-state index in [0.717, 1.165) is 11.5 Å². The fourth-order valence-corrected chi connectivity index (χ4v) is 0.512. The molecule has 56 valence electrons. The van der Waals surface area contributed by atoms with Crippen molar-refractivity contribution in [2.75, 3.05) is 7.11 Å². The molecule has 0 atom stereocenters. The molecule has 2 heteroatoms. The predicted molar refractivity (Wildman–Crippen MR) is 44.1 cm³/mol. The molecule has 0 spiro atoms. The SMILES string of the molecule is C=N/C(C)=C/C(=C\C)OC. The number of aliphatic imine (C=N–C) groups is 1. The van der Waals surface area contributed by atoms with Gasteiger partial charge in [0.1, 0.15) is 5.76 Å². The van der Waals surface area contributed by atoms with E-state index in [1.165, 1.54) is 0 Å². The van der Waals surface area contributed by atoms with Gasteiger partial charge in [-0.1, -0.05) is 0 Å². The zero-order chi connectivity index (χ0) is 7.98. The Morgan fingerprint density at radius 3 is 2.50 bits per heavy atom. The van der Waals surface area contributed by atoms with Gasteiger partial charge < -0.3 is 4.74 Å². The van der Waals surface area contributed by atoms with Crippen LogP contribution in [0.3, 0.4) is 0 Å².